The van der Waals surface area contributed by atoms with Gasteiger partial charge in [-0.15, -0.1) is 24.0 Å². The number of hydrogen-bond acceptors (Lipinski definition) is 4. The Balaban J connectivity index is 0.00000450. The van der Waals surface area contributed by atoms with E-state index in [9.17, 15) is 13.6 Å². The fraction of sp³-hybridized carbons (Fsp3) is 0.300. The van der Waals surface area contributed by atoms with Gasteiger partial charge in [-0.1, -0.05) is 24.3 Å². The molecule has 10 heteroatoms. The number of methoxy groups -OCH3 is 1. The first kappa shape index (κ1) is 25.4. The van der Waals surface area contributed by atoms with E-state index in [0.29, 0.717) is 35.9 Å². The quantitative estimate of drug-likeness (QED) is 0.200. The van der Waals surface area contributed by atoms with Crippen molar-refractivity contribution in [3.63, 3.8) is 0 Å². The molecule has 2 aromatic rings. The zero-order valence-corrected chi connectivity index (χ0v) is 19.0. The molecule has 30 heavy (non-hydrogen) atoms. The highest BCUT2D eigenvalue weighted by molar-refractivity contribution is 14.0. The summed E-state index contributed by atoms with van der Waals surface area (Å²) in [7, 11) is 3.13. The second-order valence-electron chi connectivity index (χ2n) is 5.83. The Hall–Kier alpha value is -2.63. The minimum Gasteiger partial charge on any atom is -0.497 e. The molecule has 0 radical (unpaired) electrons. The number of aliphatic imine (C=N–C) groups is 1. The van der Waals surface area contributed by atoms with Crippen molar-refractivity contribution in [2.45, 2.75) is 13.2 Å². The lowest BCUT2D eigenvalue weighted by molar-refractivity contribution is -0.0504. The molecule has 0 saturated carbocycles. The maximum absolute atomic E-state index is 12.5. The Kier molecular flexibility index (Phi) is 11.5. The molecule has 0 bridgehead atoms. The standard InChI is InChI=1S/C20H24F2N4O3.HI/c1-23-20(26-13-15-6-3-4-9-17(15)29-19(21)22)25-11-10-24-18(27)14-7-5-8-16(12-14)28-2;/h3-9,12,19H,10-11,13H2,1-2H3,(H,24,27)(H2,23,25,26);1H. The molecule has 0 heterocycles. The highest BCUT2D eigenvalue weighted by atomic mass is 127. The average molecular weight is 534 g/mol. The fourth-order valence-corrected chi connectivity index (χ4v) is 2.48. The summed E-state index contributed by atoms with van der Waals surface area (Å²) in [6.07, 6.45) is 0. The first-order valence-corrected chi connectivity index (χ1v) is 8.93. The number of carbonyl (C=O) groups excluding carboxylic acids is 1. The lowest BCUT2D eigenvalue weighted by Crippen LogP contribution is -2.41. The molecule has 2 aromatic carbocycles. The monoisotopic (exact) mass is 534 g/mol. The van der Waals surface area contributed by atoms with Crippen LogP contribution in [0.5, 0.6) is 11.5 Å². The van der Waals surface area contributed by atoms with Gasteiger partial charge in [0.05, 0.1) is 7.11 Å². The second-order valence-corrected chi connectivity index (χ2v) is 5.83. The van der Waals surface area contributed by atoms with Gasteiger partial charge < -0.3 is 25.4 Å². The molecule has 0 unspecified atom stereocenters. The number of alkyl halides is 2. The predicted octanol–water partition coefficient (Wildman–Crippen LogP) is 3.01. The number of hydrogen-bond donors (Lipinski definition) is 3. The predicted molar refractivity (Wildman–Crippen MR) is 122 cm³/mol. The number of amides is 1. The maximum Gasteiger partial charge on any atom is 0.387 e. The molecule has 0 atom stereocenters. The van der Waals surface area contributed by atoms with Crippen LogP contribution in [0.4, 0.5) is 8.78 Å². The summed E-state index contributed by atoms with van der Waals surface area (Å²) in [5, 5.41) is 8.85. The second kappa shape index (κ2) is 13.6. The number of benzene rings is 2. The van der Waals surface area contributed by atoms with Gasteiger partial charge in [0.25, 0.3) is 5.91 Å². The molecule has 7 nitrogen and oxygen atoms in total. The van der Waals surface area contributed by atoms with Crippen molar-refractivity contribution in [3.05, 3.63) is 59.7 Å². The van der Waals surface area contributed by atoms with Crippen molar-refractivity contribution in [2.75, 3.05) is 27.2 Å². The van der Waals surface area contributed by atoms with E-state index >= 15 is 0 Å². The lowest BCUT2D eigenvalue weighted by atomic mass is 10.2. The van der Waals surface area contributed by atoms with Crippen LogP contribution >= 0.6 is 24.0 Å². The van der Waals surface area contributed by atoms with E-state index in [1.807, 2.05) is 0 Å². The van der Waals surface area contributed by atoms with Crippen LogP contribution in [0.1, 0.15) is 15.9 Å². The summed E-state index contributed by atoms with van der Waals surface area (Å²) in [6, 6.07) is 13.4. The summed E-state index contributed by atoms with van der Waals surface area (Å²) in [5.41, 5.74) is 1.07. The number of carbonyl (C=O) groups is 1. The number of halogens is 3. The summed E-state index contributed by atoms with van der Waals surface area (Å²) < 4.78 is 34.6. The lowest BCUT2D eigenvalue weighted by Gasteiger charge is -2.14. The third-order valence-corrected chi connectivity index (χ3v) is 3.89. The van der Waals surface area contributed by atoms with Crippen LogP contribution in [0.25, 0.3) is 0 Å². The van der Waals surface area contributed by atoms with Gasteiger partial charge in [0.2, 0.25) is 0 Å². The molecule has 0 spiro atoms. The van der Waals surface area contributed by atoms with Crippen LogP contribution in [-0.4, -0.2) is 45.7 Å². The van der Waals surface area contributed by atoms with Crippen molar-refractivity contribution in [2.24, 2.45) is 4.99 Å². The third kappa shape index (κ3) is 8.39. The summed E-state index contributed by atoms with van der Waals surface area (Å²) in [5.74, 6) is 0.965. The normalized spacial score (nSPS) is 10.8. The first-order chi connectivity index (χ1) is 14.0. The van der Waals surface area contributed by atoms with Crippen molar-refractivity contribution >= 4 is 35.8 Å². The average Bonchev–Trinajstić information content (AvgIpc) is 2.73. The van der Waals surface area contributed by atoms with E-state index < -0.39 is 6.61 Å². The van der Waals surface area contributed by atoms with Crippen LogP contribution in [-0.2, 0) is 6.54 Å². The number of nitrogens with one attached hydrogen (secondary N) is 3. The van der Waals surface area contributed by atoms with Gasteiger partial charge in [0.15, 0.2) is 5.96 Å². The van der Waals surface area contributed by atoms with Crippen molar-refractivity contribution in [1.82, 2.24) is 16.0 Å². The topological polar surface area (TPSA) is 84.0 Å². The number of ether oxygens (including phenoxy) is 2. The molecule has 164 valence electrons. The third-order valence-electron chi connectivity index (χ3n) is 3.89. The zero-order chi connectivity index (χ0) is 21.1. The van der Waals surface area contributed by atoms with Crippen molar-refractivity contribution in [3.8, 4) is 11.5 Å². The zero-order valence-electron chi connectivity index (χ0n) is 16.7. The van der Waals surface area contributed by atoms with Gasteiger partial charge in [-0.3, -0.25) is 9.79 Å². The molecule has 0 aliphatic rings. The minimum absolute atomic E-state index is 0. The Bertz CT molecular complexity index is 837. The molecule has 0 aliphatic heterocycles. The van der Waals surface area contributed by atoms with Crippen LogP contribution < -0.4 is 25.4 Å². The van der Waals surface area contributed by atoms with Crippen LogP contribution in [0.15, 0.2) is 53.5 Å². The fourth-order valence-electron chi connectivity index (χ4n) is 2.48. The molecule has 3 N–H and O–H groups in total. The number of para-hydroxylation sites is 1. The van der Waals surface area contributed by atoms with Crippen molar-refractivity contribution < 1.29 is 23.0 Å². The Morgan fingerprint density at radius 3 is 2.50 bits per heavy atom. The molecule has 0 fully saturated rings. The number of rotatable bonds is 9. The number of nitrogens with zero attached hydrogens (tertiary/aromatic N) is 1. The first-order valence-electron chi connectivity index (χ1n) is 8.93. The smallest absolute Gasteiger partial charge is 0.387 e. The molecular weight excluding hydrogens is 509 g/mol. The maximum atomic E-state index is 12.5. The van der Waals surface area contributed by atoms with E-state index in [0.717, 1.165) is 0 Å². The molecule has 0 aliphatic carbocycles. The van der Waals surface area contributed by atoms with E-state index in [2.05, 4.69) is 25.7 Å². The highest BCUT2D eigenvalue weighted by Gasteiger charge is 2.10. The molecule has 0 saturated heterocycles. The largest absolute Gasteiger partial charge is 0.497 e. The van der Waals surface area contributed by atoms with E-state index in [1.54, 1.807) is 49.5 Å². The van der Waals surface area contributed by atoms with Crippen LogP contribution in [0.3, 0.4) is 0 Å². The van der Waals surface area contributed by atoms with Crippen LogP contribution in [0.2, 0.25) is 0 Å². The highest BCUT2D eigenvalue weighted by Crippen LogP contribution is 2.19. The van der Waals surface area contributed by atoms with Gasteiger partial charge >= 0.3 is 6.61 Å². The van der Waals surface area contributed by atoms with Gasteiger partial charge in [-0.25, -0.2) is 0 Å². The Morgan fingerprint density at radius 1 is 1.07 bits per heavy atom. The van der Waals surface area contributed by atoms with E-state index in [1.165, 1.54) is 13.2 Å². The molecule has 2 rings (SSSR count). The molecule has 0 aromatic heterocycles. The molecular formula is C20H25F2IN4O3. The number of guanidine groups is 1. The van der Waals surface area contributed by atoms with E-state index in [4.69, 9.17) is 4.74 Å². The minimum atomic E-state index is -2.89. The van der Waals surface area contributed by atoms with Gasteiger partial charge in [0.1, 0.15) is 11.5 Å². The van der Waals surface area contributed by atoms with Gasteiger partial charge in [-0.2, -0.15) is 8.78 Å². The van der Waals surface area contributed by atoms with Gasteiger partial charge in [-0.05, 0) is 24.3 Å². The van der Waals surface area contributed by atoms with Gasteiger partial charge in [0, 0.05) is 37.8 Å². The summed E-state index contributed by atoms with van der Waals surface area (Å²) in [6.45, 7) is -1.85. The van der Waals surface area contributed by atoms with Crippen molar-refractivity contribution in [1.29, 1.82) is 0 Å². The Morgan fingerprint density at radius 2 is 1.80 bits per heavy atom. The van der Waals surface area contributed by atoms with Crippen LogP contribution in [0, 0.1) is 0 Å². The SMILES string of the molecule is CN=C(NCCNC(=O)c1cccc(OC)c1)NCc1ccccc1OC(F)F.I. The summed E-state index contributed by atoms with van der Waals surface area (Å²) >= 11 is 0. The Labute approximate surface area is 191 Å². The molecule has 1 amide bonds. The van der Waals surface area contributed by atoms with E-state index in [-0.39, 0.29) is 42.2 Å². The summed E-state index contributed by atoms with van der Waals surface area (Å²) in [4.78, 5) is 16.2.